The van der Waals surface area contributed by atoms with Crippen LogP contribution in [0.25, 0.3) is 21.8 Å². The molecular weight excluding hydrogens is 354 g/mol. The molecule has 2 aromatic carbocycles. The van der Waals surface area contributed by atoms with Crippen LogP contribution in [0.15, 0.2) is 53.3 Å². The highest BCUT2D eigenvalue weighted by atomic mass is 16.1. The van der Waals surface area contributed by atoms with Crippen molar-refractivity contribution in [2.45, 2.75) is 19.9 Å². The second-order valence-corrected chi connectivity index (χ2v) is 6.47. The highest BCUT2D eigenvalue weighted by Crippen LogP contribution is 2.22. The molecule has 7 heteroatoms. The van der Waals surface area contributed by atoms with E-state index >= 15 is 0 Å². The smallest absolute Gasteiger partial charge is 0.262 e. The number of nitrogens with one attached hydrogen (secondary N) is 1. The Balaban J connectivity index is 0.000000211. The van der Waals surface area contributed by atoms with Crippen molar-refractivity contribution in [2.75, 3.05) is 12.3 Å². The number of hydrogen-bond acceptors (Lipinski definition) is 5. The van der Waals surface area contributed by atoms with E-state index in [1.807, 2.05) is 31.2 Å². The number of aryl methyl sites for hydroxylation is 2. The van der Waals surface area contributed by atoms with Crippen LogP contribution >= 0.6 is 0 Å². The fourth-order valence-electron chi connectivity index (χ4n) is 3.09. The summed E-state index contributed by atoms with van der Waals surface area (Å²) < 4.78 is 1.80. The lowest BCUT2D eigenvalue weighted by atomic mass is 10.1. The summed E-state index contributed by atoms with van der Waals surface area (Å²) in [6.45, 7) is 3.08. The molecule has 2 heterocycles. The number of hydrogen-bond donors (Lipinski definition) is 3. The second-order valence-electron chi connectivity index (χ2n) is 6.47. The quantitative estimate of drug-likeness (QED) is 0.373. The summed E-state index contributed by atoms with van der Waals surface area (Å²) in [5.74, 6) is 0. The lowest BCUT2D eigenvalue weighted by Gasteiger charge is -2.10. The zero-order valence-corrected chi connectivity index (χ0v) is 15.7. The Morgan fingerprint density at radius 3 is 2.54 bits per heavy atom. The van der Waals surface area contributed by atoms with Crippen LogP contribution in [0.5, 0.6) is 0 Å². The van der Waals surface area contributed by atoms with Gasteiger partial charge >= 0.3 is 0 Å². The molecule has 28 heavy (non-hydrogen) atoms. The summed E-state index contributed by atoms with van der Waals surface area (Å²) in [4.78, 5) is 22.7. The predicted octanol–water partition coefficient (Wildman–Crippen LogP) is 2.62. The first-order chi connectivity index (χ1) is 13.6. The largest absolute Gasteiger partial charge is 0.399 e. The molecule has 0 bridgehead atoms. The van der Waals surface area contributed by atoms with Gasteiger partial charge in [-0.05, 0) is 50.2 Å². The fourth-order valence-corrected chi connectivity index (χ4v) is 3.09. The Bertz CT molecular complexity index is 1160. The van der Waals surface area contributed by atoms with Crippen molar-refractivity contribution in [2.24, 2.45) is 5.73 Å². The number of benzene rings is 2. The molecule has 0 unspecified atom stereocenters. The molecule has 144 valence electrons. The van der Waals surface area contributed by atoms with Crippen molar-refractivity contribution in [3.63, 3.8) is 0 Å². The van der Waals surface area contributed by atoms with Gasteiger partial charge in [0.25, 0.3) is 5.56 Å². The first kappa shape index (κ1) is 19.3. The second kappa shape index (κ2) is 8.49. The molecular formula is C21H23N5O2. The zero-order chi connectivity index (χ0) is 20.1. The van der Waals surface area contributed by atoms with Crippen LogP contribution in [0.3, 0.4) is 0 Å². The number of rotatable bonds is 4. The van der Waals surface area contributed by atoms with Gasteiger partial charge in [0, 0.05) is 28.9 Å². The number of carbonyl (C=O) groups excluding carboxylic acids is 1. The minimum absolute atomic E-state index is 0.00778. The van der Waals surface area contributed by atoms with E-state index in [4.69, 9.17) is 11.5 Å². The molecule has 4 aromatic rings. The number of carbonyl (C=O) groups is 1. The van der Waals surface area contributed by atoms with E-state index in [2.05, 4.69) is 10.2 Å². The van der Waals surface area contributed by atoms with Crippen LogP contribution in [0.2, 0.25) is 0 Å². The summed E-state index contributed by atoms with van der Waals surface area (Å²) in [5, 5.41) is 8.85. The van der Waals surface area contributed by atoms with E-state index < -0.39 is 0 Å². The highest BCUT2D eigenvalue weighted by Gasteiger charge is 2.14. The predicted molar refractivity (Wildman–Crippen MR) is 113 cm³/mol. The number of pyridine rings is 1. The van der Waals surface area contributed by atoms with Crippen LogP contribution in [0, 0.1) is 6.92 Å². The highest BCUT2D eigenvalue weighted by molar-refractivity contribution is 6.03. The number of anilines is 1. The van der Waals surface area contributed by atoms with Crippen LogP contribution < -0.4 is 17.0 Å². The first-order valence-corrected chi connectivity index (χ1v) is 9.03. The number of H-pyrrole nitrogens is 1. The standard InChI is InChI=1S/C14H16N4O.C7H7NO/c1-9-12-13(17-16-9)10-5-2-3-6-11(10)18(14(12)19)8-4-7-15;8-7-3-1-6(5-9)2-4-7/h2-3,5-6H,4,7-8,15H2,1H3,(H,16,17);1-5H,8H2. The van der Waals surface area contributed by atoms with E-state index in [1.54, 1.807) is 28.8 Å². The molecule has 0 amide bonds. The summed E-state index contributed by atoms with van der Waals surface area (Å²) in [6, 6.07) is 14.6. The van der Waals surface area contributed by atoms with Crippen LogP contribution in [-0.2, 0) is 6.54 Å². The molecule has 0 spiro atoms. The number of aldehydes is 1. The summed E-state index contributed by atoms with van der Waals surface area (Å²) in [6.07, 6.45) is 1.58. The molecule has 0 atom stereocenters. The van der Waals surface area contributed by atoms with Gasteiger partial charge in [-0.15, -0.1) is 0 Å². The number of aromatic nitrogens is 3. The molecule has 0 aliphatic rings. The molecule has 7 nitrogen and oxygen atoms in total. The number of fused-ring (bicyclic) bond motifs is 3. The Morgan fingerprint density at radius 2 is 1.86 bits per heavy atom. The normalized spacial score (nSPS) is 10.6. The van der Waals surface area contributed by atoms with Crippen molar-refractivity contribution in [1.29, 1.82) is 0 Å². The van der Waals surface area contributed by atoms with Gasteiger partial charge in [0.2, 0.25) is 0 Å². The van der Waals surface area contributed by atoms with Crippen LogP contribution in [0.4, 0.5) is 5.69 Å². The van der Waals surface area contributed by atoms with Crippen molar-refractivity contribution in [1.82, 2.24) is 14.8 Å². The number of nitrogens with two attached hydrogens (primary N) is 2. The van der Waals surface area contributed by atoms with Crippen molar-refractivity contribution in [3.05, 3.63) is 70.1 Å². The van der Waals surface area contributed by atoms with Crippen LogP contribution in [0.1, 0.15) is 22.5 Å². The van der Waals surface area contributed by atoms with Gasteiger partial charge in [-0.3, -0.25) is 14.7 Å². The van der Waals surface area contributed by atoms with Gasteiger partial charge in [-0.1, -0.05) is 18.2 Å². The molecule has 2 aromatic heterocycles. The number of para-hydroxylation sites is 1. The maximum atomic E-state index is 12.6. The van der Waals surface area contributed by atoms with E-state index in [0.717, 1.165) is 34.8 Å². The lowest BCUT2D eigenvalue weighted by molar-refractivity contribution is 0.112. The lowest BCUT2D eigenvalue weighted by Crippen LogP contribution is -2.22. The number of nitrogens with zero attached hydrogens (tertiary/aromatic N) is 2. The summed E-state index contributed by atoms with van der Waals surface area (Å²) in [7, 11) is 0. The monoisotopic (exact) mass is 377 g/mol. The Kier molecular flexibility index (Phi) is 5.86. The summed E-state index contributed by atoms with van der Waals surface area (Å²) >= 11 is 0. The third-order valence-corrected chi connectivity index (χ3v) is 4.51. The maximum absolute atomic E-state index is 12.6. The van der Waals surface area contributed by atoms with Crippen molar-refractivity contribution in [3.8, 4) is 0 Å². The van der Waals surface area contributed by atoms with Crippen molar-refractivity contribution < 1.29 is 4.79 Å². The Hall–Kier alpha value is -3.45. The molecule has 0 saturated heterocycles. The first-order valence-electron chi connectivity index (χ1n) is 9.03. The number of aromatic amines is 1. The fraction of sp³-hybridized carbons (Fsp3) is 0.190. The Labute approximate surface area is 162 Å². The van der Waals surface area contributed by atoms with E-state index in [9.17, 15) is 9.59 Å². The van der Waals surface area contributed by atoms with Gasteiger partial charge in [-0.2, -0.15) is 5.10 Å². The minimum atomic E-state index is 0.00778. The topological polar surface area (TPSA) is 120 Å². The average Bonchev–Trinajstić information content (AvgIpc) is 3.11. The molecule has 0 fully saturated rings. The third kappa shape index (κ3) is 3.79. The van der Waals surface area contributed by atoms with Gasteiger partial charge in [0.1, 0.15) is 11.8 Å². The third-order valence-electron chi connectivity index (χ3n) is 4.51. The van der Waals surface area contributed by atoms with E-state index in [1.165, 1.54) is 0 Å². The maximum Gasteiger partial charge on any atom is 0.262 e. The molecule has 0 aliphatic carbocycles. The van der Waals surface area contributed by atoms with Crippen molar-refractivity contribution >= 4 is 33.8 Å². The molecule has 0 saturated carbocycles. The molecule has 4 rings (SSSR count). The van der Waals surface area contributed by atoms with Gasteiger partial charge in [0.15, 0.2) is 0 Å². The van der Waals surface area contributed by atoms with E-state index in [0.29, 0.717) is 29.7 Å². The molecule has 0 aliphatic heterocycles. The van der Waals surface area contributed by atoms with E-state index in [-0.39, 0.29) is 5.56 Å². The summed E-state index contributed by atoms with van der Waals surface area (Å²) in [5.41, 5.74) is 14.8. The zero-order valence-electron chi connectivity index (χ0n) is 15.7. The van der Waals surface area contributed by atoms with Gasteiger partial charge in [-0.25, -0.2) is 0 Å². The Morgan fingerprint density at radius 1 is 1.14 bits per heavy atom. The van der Waals surface area contributed by atoms with Crippen LogP contribution in [-0.4, -0.2) is 27.6 Å². The minimum Gasteiger partial charge on any atom is -0.399 e. The molecule has 5 N–H and O–H groups in total. The van der Waals surface area contributed by atoms with Gasteiger partial charge in [0.05, 0.1) is 10.9 Å². The molecule has 0 radical (unpaired) electrons. The SMILES string of the molecule is Cc1[nH]nc2c1c(=O)n(CCCN)c1ccccc21.Nc1ccc(C=O)cc1. The van der Waals surface area contributed by atoms with Gasteiger partial charge < -0.3 is 16.0 Å². The number of nitrogen functional groups attached to an aromatic ring is 1. The average molecular weight is 377 g/mol.